The summed E-state index contributed by atoms with van der Waals surface area (Å²) in [5.74, 6) is -0.859. The van der Waals surface area contributed by atoms with Gasteiger partial charge < -0.3 is 4.90 Å². The summed E-state index contributed by atoms with van der Waals surface area (Å²) >= 11 is 0. The average Bonchev–Trinajstić information content (AvgIpc) is 2.43. The molecule has 0 atom stereocenters. The summed E-state index contributed by atoms with van der Waals surface area (Å²) in [6.45, 7) is 2.32. The Morgan fingerprint density at radius 1 is 1.11 bits per heavy atom. The molecular weight excluding hydrogens is 246 g/mol. The second-order valence-electron chi connectivity index (χ2n) is 3.97. The number of para-hydroxylation sites is 1. The van der Waals surface area contributed by atoms with Gasteiger partial charge in [-0.05, 0) is 37.3 Å². The van der Waals surface area contributed by atoms with Gasteiger partial charge in [0.1, 0.15) is 17.7 Å². The Balaban J connectivity index is 2.55. The van der Waals surface area contributed by atoms with E-state index in [1.54, 1.807) is 23.1 Å². The zero-order valence-corrected chi connectivity index (χ0v) is 10.4. The summed E-state index contributed by atoms with van der Waals surface area (Å²) < 4.78 is 27.0. The molecule has 0 unspecified atom stereocenters. The van der Waals surface area contributed by atoms with Crippen LogP contribution in [0.4, 0.5) is 20.2 Å². The van der Waals surface area contributed by atoms with E-state index in [9.17, 15) is 8.78 Å². The maximum absolute atomic E-state index is 13.8. The fourth-order valence-corrected chi connectivity index (χ4v) is 1.97. The van der Waals surface area contributed by atoms with Gasteiger partial charge in [0, 0.05) is 6.54 Å². The number of hydrogen-bond acceptors (Lipinski definition) is 2. The van der Waals surface area contributed by atoms with Crippen LogP contribution in [0.25, 0.3) is 0 Å². The number of nitriles is 1. The summed E-state index contributed by atoms with van der Waals surface area (Å²) in [4.78, 5) is 1.65. The zero-order chi connectivity index (χ0) is 13.8. The lowest BCUT2D eigenvalue weighted by Crippen LogP contribution is -2.18. The number of rotatable bonds is 3. The van der Waals surface area contributed by atoms with Gasteiger partial charge >= 0.3 is 0 Å². The van der Waals surface area contributed by atoms with E-state index in [4.69, 9.17) is 5.26 Å². The van der Waals surface area contributed by atoms with E-state index < -0.39 is 5.82 Å². The standard InChI is InChI=1S/C15H12F2N2/c1-2-19(15-6-4-3-5-13(15)17)14-8-7-12(16)9-11(14)10-18/h3-9H,2H2,1H3. The van der Waals surface area contributed by atoms with Crippen LogP contribution in [0, 0.1) is 23.0 Å². The Kier molecular flexibility index (Phi) is 3.76. The predicted molar refractivity (Wildman–Crippen MR) is 70.2 cm³/mol. The minimum atomic E-state index is -0.482. The molecule has 4 heteroatoms. The molecule has 0 saturated heterocycles. The molecule has 0 aromatic heterocycles. The van der Waals surface area contributed by atoms with Crippen LogP contribution in [0.1, 0.15) is 12.5 Å². The van der Waals surface area contributed by atoms with Crippen molar-refractivity contribution >= 4 is 11.4 Å². The Morgan fingerprint density at radius 3 is 2.47 bits per heavy atom. The summed E-state index contributed by atoms with van der Waals surface area (Å²) in [5, 5.41) is 9.07. The first-order chi connectivity index (χ1) is 9.17. The van der Waals surface area contributed by atoms with Crippen molar-refractivity contribution in [3.8, 4) is 6.07 Å². The molecule has 0 aliphatic rings. The van der Waals surface area contributed by atoms with Gasteiger partial charge in [-0.15, -0.1) is 0 Å². The van der Waals surface area contributed by atoms with E-state index in [1.807, 2.05) is 13.0 Å². The maximum Gasteiger partial charge on any atom is 0.146 e. The summed E-state index contributed by atoms with van der Waals surface area (Å²) in [6.07, 6.45) is 0. The molecule has 0 amide bonds. The topological polar surface area (TPSA) is 27.0 Å². The predicted octanol–water partition coefficient (Wildman–Crippen LogP) is 3.99. The third-order valence-corrected chi connectivity index (χ3v) is 2.83. The van der Waals surface area contributed by atoms with Gasteiger partial charge in [0.2, 0.25) is 0 Å². The largest absolute Gasteiger partial charge is 0.338 e. The van der Waals surface area contributed by atoms with Crippen LogP contribution in [0.2, 0.25) is 0 Å². The first-order valence-electron chi connectivity index (χ1n) is 5.89. The molecule has 0 spiro atoms. The van der Waals surface area contributed by atoms with Gasteiger partial charge in [-0.2, -0.15) is 5.26 Å². The number of halogens is 2. The highest BCUT2D eigenvalue weighted by atomic mass is 19.1. The molecule has 0 aliphatic carbocycles. The monoisotopic (exact) mass is 258 g/mol. The van der Waals surface area contributed by atoms with Crippen molar-refractivity contribution < 1.29 is 8.78 Å². The highest BCUT2D eigenvalue weighted by molar-refractivity contribution is 5.69. The Labute approximate surface area is 110 Å². The smallest absolute Gasteiger partial charge is 0.146 e. The Hall–Kier alpha value is -2.41. The van der Waals surface area contributed by atoms with E-state index in [1.165, 1.54) is 18.2 Å². The lowest BCUT2D eigenvalue weighted by Gasteiger charge is -2.24. The van der Waals surface area contributed by atoms with Crippen LogP contribution < -0.4 is 4.90 Å². The van der Waals surface area contributed by atoms with Crippen LogP contribution >= 0.6 is 0 Å². The molecule has 19 heavy (non-hydrogen) atoms. The minimum Gasteiger partial charge on any atom is -0.338 e. The fraction of sp³-hybridized carbons (Fsp3) is 0.133. The molecule has 0 radical (unpaired) electrons. The van der Waals surface area contributed by atoms with Crippen LogP contribution in [0.15, 0.2) is 42.5 Å². The molecule has 0 saturated carbocycles. The van der Waals surface area contributed by atoms with Crippen LogP contribution in [-0.2, 0) is 0 Å². The molecule has 0 bridgehead atoms. The minimum absolute atomic E-state index is 0.185. The maximum atomic E-state index is 13.8. The van der Waals surface area contributed by atoms with Crippen molar-refractivity contribution in [3.05, 3.63) is 59.7 Å². The number of benzene rings is 2. The van der Waals surface area contributed by atoms with E-state index in [2.05, 4.69) is 0 Å². The van der Waals surface area contributed by atoms with E-state index in [0.29, 0.717) is 17.9 Å². The highest BCUT2D eigenvalue weighted by Gasteiger charge is 2.15. The van der Waals surface area contributed by atoms with Crippen molar-refractivity contribution in [3.63, 3.8) is 0 Å². The molecular formula is C15H12F2N2. The first kappa shape index (κ1) is 13.0. The van der Waals surface area contributed by atoms with Gasteiger partial charge in [0.15, 0.2) is 0 Å². The second-order valence-corrected chi connectivity index (χ2v) is 3.97. The van der Waals surface area contributed by atoms with Crippen LogP contribution in [0.3, 0.4) is 0 Å². The molecule has 0 aliphatic heterocycles. The van der Waals surface area contributed by atoms with E-state index in [0.717, 1.165) is 6.07 Å². The Bertz CT molecular complexity index is 632. The van der Waals surface area contributed by atoms with E-state index in [-0.39, 0.29) is 11.4 Å². The van der Waals surface area contributed by atoms with Gasteiger partial charge in [0.05, 0.1) is 16.9 Å². The third kappa shape index (κ3) is 2.55. The quantitative estimate of drug-likeness (QED) is 0.832. The third-order valence-electron chi connectivity index (χ3n) is 2.83. The van der Waals surface area contributed by atoms with Crippen molar-refractivity contribution in [2.45, 2.75) is 6.92 Å². The molecule has 0 N–H and O–H groups in total. The molecule has 2 aromatic rings. The van der Waals surface area contributed by atoms with Gasteiger partial charge in [0.25, 0.3) is 0 Å². The Morgan fingerprint density at radius 2 is 1.84 bits per heavy atom. The normalized spacial score (nSPS) is 10.0. The fourth-order valence-electron chi connectivity index (χ4n) is 1.97. The number of nitrogens with zero attached hydrogens (tertiary/aromatic N) is 2. The molecule has 2 aromatic carbocycles. The lowest BCUT2D eigenvalue weighted by atomic mass is 10.1. The first-order valence-corrected chi connectivity index (χ1v) is 5.89. The molecule has 2 rings (SSSR count). The zero-order valence-electron chi connectivity index (χ0n) is 10.4. The van der Waals surface area contributed by atoms with Gasteiger partial charge in [-0.25, -0.2) is 8.78 Å². The van der Waals surface area contributed by atoms with Crippen LogP contribution in [-0.4, -0.2) is 6.54 Å². The van der Waals surface area contributed by atoms with Crippen molar-refractivity contribution in [2.24, 2.45) is 0 Å². The number of anilines is 2. The second kappa shape index (κ2) is 5.49. The van der Waals surface area contributed by atoms with Crippen LogP contribution in [0.5, 0.6) is 0 Å². The highest BCUT2D eigenvalue weighted by Crippen LogP contribution is 2.30. The molecule has 0 heterocycles. The molecule has 2 nitrogen and oxygen atoms in total. The summed E-state index contributed by atoms with van der Waals surface area (Å²) in [7, 11) is 0. The van der Waals surface area contributed by atoms with E-state index >= 15 is 0 Å². The van der Waals surface area contributed by atoms with Gasteiger partial charge in [-0.3, -0.25) is 0 Å². The molecule has 96 valence electrons. The van der Waals surface area contributed by atoms with Gasteiger partial charge in [-0.1, -0.05) is 12.1 Å². The van der Waals surface area contributed by atoms with Crippen molar-refractivity contribution in [1.29, 1.82) is 5.26 Å². The lowest BCUT2D eigenvalue weighted by molar-refractivity contribution is 0.624. The number of hydrogen-bond donors (Lipinski definition) is 0. The van der Waals surface area contributed by atoms with Crippen molar-refractivity contribution in [1.82, 2.24) is 0 Å². The SMILES string of the molecule is CCN(c1ccccc1F)c1ccc(F)cc1C#N. The average molecular weight is 258 g/mol. The molecule has 0 fully saturated rings. The summed E-state index contributed by atoms with van der Waals surface area (Å²) in [6, 6.07) is 12.1. The van der Waals surface area contributed by atoms with Crippen molar-refractivity contribution in [2.75, 3.05) is 11.4 Å². The summed E-state index contributed by atoms with van der Waals surface area (Å²) in [5.41, 5.74) is 1.05.